The number of nitrogens with one attached hydrogen (secondary N) is 1. The second kappa shape index (κ2) is 6.04. The van der Waals surface area contributed by atoms with Gasteiger partial charge in [-0.25, -0.2) is 0 Å². The molecule has 0 aliphatic rings. The summed E-state index contributed by atoms with van der Waals surface area (Å²) >= 11 is 7.13. The van der Waals surface area contributed by atoms with Crippen molar-refractivity contribution in [3.8, 4) is 0 Å². The lowest BCUT2D eigenvalue weighted by Crippen LogP contribution is -2.22. The fourth-order valence-corrected chi connectivity index (χ4v) is 2.82. The Hall–Kier alpha value is -0.580. The molecule has 0 spiro atoms. The Balaban J connectivity index is 2.48. The minimum Gasteiger partial charge on any atom is -0.467 e. The normalized spacial score (nSPS) is 12.7. The molecule has 0 fully saturated rings. The second-order valence-corrected chi connectivity index (χ2v) is 5.89. The van der Waals surface area contributed by atoms with E-state index in [-0.39, 0.29) is 6.04 Å². The van der Waals surface area contributed by atoms with E-state index in [4.69, 9.17) is 4.42 Å². The topological polar surface area (TPSA) is 25.2 Å². The molecule has 0 saturated heterocycles. The van der Waals surface area contributed by atoms with Crippen LogP contribution < -0.4 is 5.32 Å². The first-order chi connectivity index (χ1) is 8.63. The van der Waals surface area contributed by atoms with Crippen molar-refractivity contribution in [3.05, 3.63) is 56.4 Å². The van der Waals surface area contributed by atoms with Crippen molar-refractivity contribution in [1.29, 1.82) is 0 Å². The number of rotatable bonds is 4. The Morgan fingerprint density at radius 1 is 1.28 bits per heavy atom. The van der Waals surface area contributed by atoms with Crippen LogP contribution in [0.1, 0.15) is 29.9 Å². The van der Waals surface area contributed by atoms with E-state index in [2.05, 4.69) is 57.1 Å². The Kier molecular flexibility index (Phi) is 4.65. The lowest BCUT2D eigenvalue weighted by atomic mass is 10.0. The summed E-state index contributed by atoms with van der Waals surface area (Å²) in [6.45, 7) is 5.04. The van der Waals surface area contributed by atoms with E-state index in [1.165, 1.54) is 5.56 Å². The van der Waals surface area contributed by atoms with Gasteiger partial charge in [-0.3, -0.25) is 0 Å². The highest BCUT2D eigenvalue weighted by molar-refractivity contribution is 9.11. The van der Waals surface area contributed by atoms with E-state index in [1.54, 1.807) is 6.26 Å². The van der Waals surface area contributed by atoms with Crippen LogP contribution in [0.3, 0.4) is 0 Å². The van der Waals surface area contributed by atoms with Crippen LogP contribution in [0.25, 0.3) is 0 Å². The van der Waals surface area contributed by atoms with Gasteiger partial charge in [-0.2, -0.15) is 0 Å². The van der Waals surface area contributed by atoms with Gasteiger partial charge in [0.1, 0.15) is 5.76 Å². The maximum absolute atomic E-state index is 5.63. The summed E-state index contributed by atoms with van der Waals surface area (Å²) in [7, 11) is 0. The minimum absolute atomic E-state index is 0.0666. The van der Waals surface area contributed by atoms with Gasteiger partial charge in [0, 0.05) is 8.95 Å². The molecule has 1 heterocycles. The zero-order valence-electron chi connectivity index (χ0n) is 10.3. The lowest BCUT2D eigenvalue weighted by Gasteiger charge is -2.19. The number of hydrogen-bond donors (Lipinski definition) is 1. The molecule has 0 amide bonds. The molecule has 0 saturated carbocycles. The SMILES string of the molecule is CCNC(c1cc(Br)ccc1Br)c1occc1C. The van der Waals surface area contributed by atoms with Crippen molar-refractivity contribution in [3.63, 3.8) is 0 Å². The molecule has 1 aromatic heterocycles. The van der Waals surface area contributed by atoms with Gasteiger partial charge in [-0.15, -0.1) is 0 Å². The second-order valence-electron chi connectivity index (χ2n) is 4.12. The standard InChI is InChI=1S/C14H15Br2NO/c1-3-17-13(14-9(2)6-7-18-14)11-8-10(15)4-5-12(11)16/h4-8,13,17H,3H2,1-2H3. The Morgan fingerprint density at radius 3 is 2.67 bits per heavy atom. The molecule has 96 valence electrons. The quantitative estimate of drug-likeness (QED) is 0.832. The van der Waals surface area contributed by atoms with Crippen LogP contribution in [0.2, 0.25) is 0 Å². The molecule has 0 aliphatic heterocycles. The largest absolute Gasteiger partial charge is 0.467 e. The molecule has 0 bridgehead atoms. The van der Waals surface area contributed by atoms with Crippen LogP contribution in [-0.4, -0.2) is 6.54 Å². The first kappa shape index (κ1) is 13.8. The summed E-state index contributed by atoms with van der Waals surface area (Å²) in [4.78, 5) is 0. The highest BCUT2D eigenvalue weighted by Gasteiger charge is 2.20. The van der Waals surface area contributed by atoms with Crippen molar-refractivity contribution in [2.45, 2.75) is 19.9 Å². The van der Waals surface area contributed by atoms with Crippen molar-refractivity contribution < 1.29 is 4.42 Å². The van der Waals surface area contributed by atoms with Gasteiger partial charge >= 0.3 is 0 Å². The maximum atomic E-state index is 5.63. The average Bonchev–Trinajstić information content (AvgIpc) is 2.76. The molecule has 2 rings (SSSR count). The lowest BCUT2D eigenvalue weighted by molar-refractivity contribution is 0.448. The Bertz CT molecular complexity index is 536. The van der Waals surface area contributed by atoms with Crippen LogP contribution >= 0.6 is 31.9 Å². The van der Waals surface area contributed by atoms with Gasteiger partial charge < -0.3 is 9.73 Å². The molecule has 2 aromatic rings. The van der Waals surface area contributed by atoms with Crippen molar-refractivity contribution in [2.24, 2.45) is 0 Å². The Labute approximate surface area is 124 Å². The van der Waals surface area contributed by atoms with Crippen LogP contribution in [0.15, 0.2) is 43.9 Å². The average molecular weight is 373 g/mol. The smallest absolute Gasteiger partial charge is 0.128 e. The van der Waals surface area contributed by atoms with Crippen molar-refractivity contribution >= 4 is 31.9 Å². The maximum Gasteiger partial charge on any atom is 0.128 e. The first-order valence-corrected chi connectivity index (χ1v) is 7.44. The number of halogens is 2. The van der Waals surface area contributed by atoms with Gasteiger partial charge in [-0.05, 0) is 48.9 Å². The third-order valence-corrected chi connectivity index (χ3v) is 4.06. The molecular weight excluding hydrogens is 358 g/mol. The molecular formula is C14H15Br2NO. The molecule has 1 unspecified atom stereocenters. The van der Waals surface area contributed by atoms with Gasteiger partial charge in [0.15, 0.2) is 0 Å². The molecule has 1 aromatic carbocycles. The highest BCUT2D eigenvalue weighted by Crippen LogP contribution is 2.32. The van der Waals surface area contributed by atoms with Crippen LogP contribution in [0.5, 0.6) is 0 Å². The summed E-state index contributed by atoms with van der Waals surface area (Å²) in [5.41, 5.74) is 2.33. The molecule has 2 nitrogen and oxygen atoms in total. The summed E-state index contributed by atoms with van der Waals surface area (Å²) in [5.74, 6) is 0.968. The van der Waals surface area contributed by atoms with Crippen LogP contribution in [-0.2, 0) is 0 Å². The highest BCUT2D eigenvalue weighted by atomic mass is 79.9. The fourth-order valence-electron chi connectivity index (χ4n) is 1.96. The first-order valence-electron chi connectivity index (χ1n) is 5.85. The number of hydrogen-bond acceptors (Lipinski definition) is 2. The summed E-state index contributed by atoms with van der Waals surface area (Å²) in [6.07, 6.45) is 1.74. The molecule has 1 atom stereocenters. The molecule has 18 heavy (non-hydrogen) atoms. The fraction of sp³-hybridized carbons (Fsp3) is 0.286. The summed E-state index contributed by atoms with van der Waals surface area (Å²) in [6, 6.07) is 8.23. The van der Waals surface area contributed by atoms with Crippen molar-refractivity contribution in [1.82, 2.24) is 5.32 Å². The van der Waals surface area contributed by atoms with Crippen molar-refractivity contribution in [2.75, 3.05) is 6.54 Å². The van der Waals surface area contributed by atoms with E-state index in [0.29, 0.717) is 0 Å². The van der Waals surface area contributed by atoms with Gasteiger partial charge in [-0.1, -0.05) is 38.8 Å². The molecule has 0 aliphatic carbocycles. The molecule has 4 heteroatoms. The van der Waals surface area contributed by atoms with E-state index in [0.717, 1.165) is 26.8 Å². The van der Waals surface area contributed by atoms with Crippen LogP contribution in [0, 0.1) is 6.92 Å². The molecule has 1 N–H and O–H groups in total. The monoisotopic (exact) mass is 371 g/mol. The predicted octanol–water partition coefficient (Wildman–Crippen LogP) is 4.81. The van der Waals surface area contributed by atoms with E-state index >= 15 is 0 Å². The predicted molar refractivity (Wildman–Crippen MR) is 80.8 cm³/mol. The van der Waals surface area contributed by atoms with E-state index in [9.17, 15) is 0 Å². The van der Waals surface area contributed by atoms with E-state index < -0.39 is 0 Å². The van der Waals surface area contributed by atoms with Gasteiger partial charge in [0.2, 0.25) is 0 Å². The van der Waals surface area contributed by atoms with E-state index in [1.807, 2.05) is 18.2 Å². The number of furan rings is 1. The third kappa shape index (κ3) is 2.87. The van der Waals surface area contributed by atoms with Gasteiger partial charge in [0.25, 0.3) is 0 Å². The number of benzene rings is 1. The summed E-state index contributed by atoms with van der Waals surface area (Å²) < 4.78 is 7.77. The number of aryl methyl sites for hydroxylation is 1. The van der Waals surface area contributed by atoms with Gasteiger partial charge in [0.05, 0.1) is 12.3 Å². The molecule has 0 radical (unpaired) electrons. The third-order valence-electron chi connectivity index (χ3n) is 2.84. The van der Waals surface area contributed by atoms with Crippen LogP contribution in [0.4, 0.5) is 0 Å². The summed E-state index contributed by atoms with van der Waals surface area (Å²) in [5, 5.41) is 3.47. The minimum atomic E-state index is 0.0666. The zero-order valence-corrected chi connectivity index (χ0v) is 13.5. The zero-order chi connectivity index (χ0) is 13.1. The Morgan fingerprint density at radius 2 is 2.06 bits per heavy atom.